The maximum absolute atomic E-state index is 6.43. The molecule has 0 spiro atoms. The van der Waals surface area contributed by atoms with Crippen molar-refractivity contribution in [2.24, 2.45) is 5.73 Å². The van der Waals surface area contributed by atoms with Gasteiger partial charge in [0, 0.05) is 31.6 Å². The zero-order valence-electron chi connectivity index (χ0n) is 21.1. The van der Waals surface area contributed by atoms with Crippen molar-refractivity contribution in [1.82, 2.24) is 25.3 Å². The molecule has 5 rings (SSSR count). The van der Waals surface area contributed by atoms with Crippen LogP contribution in [0.15, 0.2) is 49.1 Å². The van der Waals surface area contributed by atoms with E-state index in [4.69, 9.17) is 19.9 Å². The fourth-order valence-corrected chi connectivity index (χ4v) is 4.82. The van der Waals surface area contributed by atoms with Crippen LogP contribution in [-0.4, -0.2) is 78.6 Å². The Morgan fingerprint density at radius 3 is 2.76 bits per heavy atom. The summed E-state index contributed by atoms with van der Waals surface area (Å²) < 4.78 is 17.3. The third kappa shape index (κ3) is 6.16. The molecule has 0 bridgehead atoms. The topological polar surface area (TPSA) is 123 Å². The number of nitrogens with zero attached hydrogens (tertiary/aromatic N) is 4. The molecule has 3 heterocycles. The predicted molar refractivity (Wildman–Crippen MR) is 144 cm³/mol. The summed E-state index contributed by atoms with van der Waals surface area (Å²) in [4.78, 5) is 18.6. The van der Waals surface area contributed by atoms with Gasteiger partial charge in [0.05, 0.1) is 38.8 Å². The molecule has 0 amide bonds. The van der Waals surface area contributed by atoms with Crippen molar-refractivity contribution < 1.29 is 14.2 Å². The van der Waals surface area contributed by atoms with E-state index in [1.807, 2.05) is 0 Å². The molecule has 10 heteroatoms. The third-order valence-electron chi connectivity index (χ3n) is 6.63. The molecule has 2 aromatic carbocycles. The number of anilines is 1. The predicted octanol–water partition coefficient (Wildman–Crippen LogP) is 2.64. The molecule has 10 nitrogen and oxygen atoms in total. The van der Waals surface area contributed by atoms with E-state index in [9.17, 15) is 0 Å². The fourth-order valence-electron chi connectivity index (χ4n) is 4.82. The molecule has 1 aliphatic heterocycles. The number of hydrogen-bond donors (Lipinski definition) is 3. The van der Waals surface area contributed by atoms with Crippen LogP contribution in [0.3, 0.4) is 0 Å². The lowest BCUT2D eigenvalue weighted by Crippen LogP contribution is -2.35. The van der Waals surface area contributed by atoms with Gasteiger partial charge in [-0.25, -0.2) is 15.0 Å². The Hall–Kier alpha value is -3.31. The lowest BCUT2D eigenvalue weighted by molar-refractivity contribution is 0.0518. The van der Waals surface area contributed by atoms with Gasteiger partial charge in [0.2, 0.25) is 0 Å². The summed E-state index contributed by atoms with van der Waals surface area (Å²) in [5, 5.41) is 5.79. The first-order valence-corrected chi connectivity index (χ1v) is 13.0. The van der Waals surface area contributed by atoms with Gasteiger partial charge in [0.25, 0.3) is 0 Å². The summed E-state index contributed by atoms with van der Waals surface area (Å²) in [6.07, 6.45) is 5.41. The molecule has 1 atom stereocenters. The van der Waals surface area contributed by atoms with Crippen LogP contribution in [0.5, 0.6) is 5.75 Å². The number of aromatic nitrogens is 4. The molecule has 1 saturated heterocycles. The molecule has 4 aromatic rings. The third-order valence-corrected chi connectivity index (χ3v) is 6.63. The molecule has 1 unspecified atom stereocenters. The second-order valence-corrected chi connectivity index (χ2v) is 9.06. The van der Waals surface area contributed by atoms with Gasteiger partial charge in [-0.15, -0.1) is 0 Å². The van der Waals surface area contributed by atoms with Crippen molar-refractivity contribution in [1.29, 1.82) is 0 Å². The van der Waals surface area contributed by atoms with E-state index in [-0.39, 0.29) is 6.04 Å². The van der Waals surface area contributed by atoms with E-state index in [0.29, 0.717) is 39.6 Å². The lowest BCUT2D eigenvalue weighted by Gasteiger charge is -2.26. The minimum Gasteiger partial charge on any atom is -0.491 e. The van der Waals surface area contributed by atoms with E-state index in [1.54, 1.807) is 12.7 Å². The Morgan fingerprint density at radius 1 is 1.00 bits per heavy atom. The summed E-state index contributed by atoms with van der Waals surface area (Å²) in [7, 11) is 0. The zero-order valence-corrected chi connectivity index (χ0v) is 21.1. The Morgan fingerprint density at radius 2 is 1.86 bits per heavy atom. The summed E-state index contributed by atoms with van der Waals surface area (Å²) in [5.41, 5.74) is 8.21. The maximum Gasteiger partial charge on any atom is 0.162 e. The normalized spacial score (nSPS) is 15.7. The number of nitrogens with one attached hydrogen (secondary N) is 2. The van der Waals surface area contributed by atoms with Gasteiger partial charge in [0.15, 0.2) is 11.5 Å². The van der Waals surface area contributed by atoms with Gasteiger partial charge in [0.1, 0.15) is 24.2 Å². The second-order valence-electron chi connectivity index (χ2n) is 9.06. The SMILES string of the molecule is NCCOCCOCCNCc1ccc(OCC2CCCN2c2ncnc3[nH]cnc23)c2ccccc12. The van der Waals surface area contributed by atoms with Crippen LogP contribution in [-0.2, 0) is 16.0 Å². The monoisotopic (exact) mass is 505 g/mol. The van der Waals surface area contributed by atoms with Gasteiger partial charge in [-0.05, 0) is 29.9 Å². The van der Waals surface area contributed by atoms with E-state index < -0.39 is 0 Å². The second kappa shape index (κ2) is 12.8. The van der Waals surface area contributed by atoms with Crippen molar-refractivity contribution in [2.45, 2.75) is 25.4 Å². The maximum atomic E-state index is 6.43. The summed E-state index contributed by atoms with van der Waals surface area (Å²) in [6, 6.07) is 12.9. The number of aromatic amines is 1. The number of rotatable bonds is 14. The summed E-state index contributed by atoms with van der Waals surface area (Å²) in [5.74, 6) is 1.77. The highest BCUT2D eigenvalue weighted by atomic mass is 16.5. The number of ether oxygens (including phenoxy) is 3. The molecule has 0 aliphatic carbocycles. The van der Waals surface area contributed by atoms with E-state index >= 15 is 0 Å². The largest absolute Gasteiger partial charge is 0.491 e. The average Bonchev–Trinajstić information content (AvgIpc) is 3.61. The van der Waals surface area contributed by atoms with Crippen molar-refractivity contribution in [3.63, 3.8) is 0 Å². The molecule has 1 fully saturated rings. The number of nitrogens with two attached hydrogens (primary N) is 1. The Labute approximate surface area is 216 Å². The van der Waals surface area contributed by atoms with Crippen LogP contribution in [0, 0.1) is 0 Å². The Kier molecular flexibility index (Phi) is 8.75. The van der Waals surface area contributed by atoms with E-state index in [1.165, 1.54) is 10.9 Å². The first-order valence-electron chi connectivity index (χ1n) is 13.0. The molecule has 4 N–H and O–H groups in total. The number of imidazole rings is 1. The smallest absolute Gasteiger partial charge is 0.162 e. The quantitative estimate of drug-likeness (QED) is 0.222. The van der Waals surface area contributed by atoms with Crippen LogP contribution >= 0.6 is 0 Å². The summed E-state index contributed by atoms with van der Waals surface area (Å²) >= 11 is 0. The molecular weight excluding hydrogens is 470 g/mol. The number of H-pyrrole nitrogens is 1. The van der Waals surface area contributed by atoms with Crippen LogP contribution in [0.4, 0.5) is 5.82 Å². The van der Waals surface area contributed by atoms with Gasteiger partial charge in [-0.1, -0.05) is 30.3 Å². The fraction of sp³-hybridized carbons (Fsp3) is 0.444. The van der Waals surface area contributed by atoms with Crippen LogP contribution < -0.4 is 20.7 Å². The highest BCUT2D eigenvalue weighted by Crippen LogP contribution is 2.31. The molecular formula is C27H35N7O3. The first-order chi connectivity index (χ1) is 18.3. The van der Waals surface area contributed by atoms with E-state index in [0.717, 1.165) is 60.6 Å². The van der Waals surface area contributed by atoms with Crippen molar-refractivity contribution in [3.8, 4) is 5.75 Å². The minimum absolute atomic E-state index is 0.232. The van der Waals surface area contributed by atoms with Crippen LogP contribution in [0.2, 0.25) is 0 Å². The molecule has 0 saturated carbocycles. The molecule has 196 valence electrons. The standard InChI is InChI=1S/C27H35N7O3/c28-9-12-35-14-15-36-13-10-29-16-20-7-8-24(23-6-2-1-5-22(20)23)37-17-21-4-3-11-34(21)27-25-26(31-18-30-25)32-19-33-27/h1-2,5-8,18-19,21,29H,3-4,9-17,28H2,(H,30,31,32,33). The van der Waals surface area contributed by atoms with Gasteiger partial charge in [-0.2, -0.15) is 0 Å². The lowest BCUT2D eigenvalue weighted by atomic mass is 10.0. The average molecular weight is 506 g/mol. The highest BCUT2D eigenvalue weighted by Gasteiger charge is 2.28. The number of hydrogen-bond acceptors (Lipinski definition) is 9. The molecule has 2 aromatic heterocycles. The first kappa shape index (κ1) is 25.3. The van der Waals surface area contributed by atoms with Crippen molar-refractivity contribution >= 4 is 27.8 Å². The van der Waals surface area contributed by atoms with Gasteiger partial charge < -0.3 is 35.1 Å². The highest BCUT2D eigenvalue weighted by molar-refractivity contribution is 5.91. The van der Waals surface area contributed by atoms with Gasteiger partial charge >= 0.3 is 0 Å². The Bertz CT molecular complexity index is 1280. The molecule has 0 radical (unpaired) electrons. The number of fused-ring (bicyclic) bond motifs is 2. The summed E-state index contributed by atoms with van der Waals surface area (Å²) in [6.45, 7) is 5.96. The van der Waals surface area contributed by atoms with Gasteiger partial charge in [-0.3, -0.25) is 0 Å². The molecule has 1 aliphatic rings. The zero-order chi connectivity index (χ0) is 25.3. The minimum atomic E-state index is 0.232. The van der Waals surface area contributed by atoms with Crippen LogP contribution in [0.25, 0.3) is 21.9 Å². The van der Waals surface area contributed by atoms with Crippen molar-refractivity contribution in [3.05, 3.63) is 54.6 Å². The Balaban J connectivity index is 1.18. The van der Waals surface area contributed by atoms with E-state index in [2.05, 4.69) is 66.6 Å². The molecule has 37 heavy (non-hydrogen) atoms. The number of benzene rings is 2. The van der Waals surface area contributed by atoms with Crippen molar-refractivity contribution in [2.75, 3.05) is 57.6 Å². The van der Waals surface area contributed by atoms with Crippen LogP contribution in [0.1, 0.15) is 18.4 Å².